The highest BCUT2D eigenvalue weighted by Crippen LogP contribution is 2.29. The molecule has 1 N–H and O–H groups in total. The van der Waals surface area contributed by atoms with Crippen molar-refractivity contribution in [3.8, 4) is 22.8 Å². The zero-order valence-corrected chi connectivity index (χ0v) is 20.0. The van der Waals surface area contributed by atoms with Gasteiger partial charge in [-0.15, -0.1) is 10.2 Å². The lowest BCUT2D eigenvalue weighted by atomic mass is 10.2. The Morgan fingerprint density at radius 2 is 1.81 bits per heavy atom. The van der Waals surface area contributed by atoms with Gasteiger partial charge in [-0.2, -0.15) is 0 Å². The first-order valence-corrected chi connectivity index (χ1v) is 11.7. The van der Waals surface area contributed by atoms with Crippen LogP contribution >= 0.6 is 27.7 Å². The molecule has 1 aromatic heterocycles. The van der Waals surface area contributed by atoms with E-state index in [0.29, 0.717) is 11.0 Å². The van der Waals surface area contributed by atoms with Crippen molar-refractivity contribution in [2.24, 2.45) is 0 Å². The number of thioether (sulfide) groups is 1. The molecule has 1 amide bonds. The van der Waals surface area contributed by atoms with Crippen LogP contribution in [-0.2, 0) is 4.79 Å². The van der Waals surface area contributed by atoms with Crippen LogP contribution in [0.4, 0.5) is 5.69 Å². The fraction of sp³-hybridized carbons (Fsp3) is 0.125. The van der Waals surface area contributed by atoms with E-state index in [1.54, 1.807) is 7.11 Å². The highest BCUT2D eigenvalue weighted by atomic mass is 79.9. The Bertz CT molecular complexity index is 1230. The molecule has 0 spiro atoms. The van der Waals surface area contributed by atoms with Crippen molar-refractivity contribution in [1.29, 1.82) is 0 Å². The van der Waals surface area contributed by atoms with Crippen molar-refractivity contribution in [3.63, 3.8) is 0 Å². The number of benzene rings is 3. The maximum Gasteiger partial charge on any atom is 0.234 e. The molecule has 0 saturated carbocycles. The summed E-state index contributed by atoms with van der Waals surface area (Å²) < 4.78 is 8.21. The summed E-state index contributed by atoms with van der Waals surface area (Å²) in [5.41, 5.74) is 3.62. The number of hydrogen-bond acceptors (Lipinski definition) is 5. The molecule has 0 unspecified atom stereocenters. The number of carbonyl (C=O) groups excluding carboxylic acids is 1. The standard InChI is InChI=1S/C24H21BrN4O2S/c1-16-14-18(25)8-13-21(16)26-22(30)15-32-24-28-27-23(17-6-4-3-5-7-17)29(24)19-9-11-20(31-2)12-10-19/h3-14H,15H2,1-2H3,(H,26,30). The van der Waals surface area contributed by atoms with Crippen LogP contribution in [0.2, 0.25) is 0 Å². The molecule has 0 aliphatic rings. The smallest absolute Gasteiger partial charge is 0.234 e. The highest BCUT2D eigenvalue weighted by molar-refractivity contribution is 9.10. The van der Waals surface area contributed by atoms with E-state index in [0.717, 1.165) is 32.7 Å². The van der Waals surface area contributed by atoms with E-state index in [2.05, 4.69) is 31.4 Å². The number of aromatic nitrogens is 3. The summed E-state index contributed by atoms with van der Waals surface area (Å²) in [5.74, 6) is 1.58. The van der Waals surface area contributed by atoms with Gasteiger partial charge in [0.25, 0.3) is 0 Å². The summed E-state index contributed by atoms with van der Waals surface area (Å²) in [4.78, 5) is 12.6. The third-order valence-electron chi connectivity index (χ3n) is 4.79. The predicted octanol–water partition coefficient (Wildman–Crippen LogP) is 5.74. The average Bonchev–Trinajstić information content (AvgIpc) is 3.24. The maximum absolute atomic E-state index is 12.6. The largest absolute Gasteiger partial charge is 0.497 e. The number of anilines is 1. The van der Waals surface area contributed by atoms with E-state index in [1.165, 1.54) is 11.8 Å². The molecule has 0 radical (unpaired) electrons. The van der Waals surface area contributed by atoms with Gasteiger partial charge in [0.1, 0.15) is 5.75 Å². The van der Waals surface area contributed by atoms with Crippen LogP contribution in [0, 0.1) is 6.92 Å². The highest BCUT2D eigenvalue weighted by Gasteiger charge is 2.17. The second-order valence-corrected chi connectivity index (χ2v) is 8.86. The lowest BCUT2D eigenvalue weighted by Gasteiger charge is -2.12. The van der Waals surface area contributed by atoms with Crippen LogP contribution in [-0.4, -0.2) is 33.5 Å². The molecule has 4 aromatic rings. The number of rotatable bonds is 7. The van der Waals surface area contributed by atoms with Crippen LogP contribution in [0.1, 0.15) is 5.56 Å². The Balaban J connectivity index is 1.59. The summed E-state index contributed by atoms with van der Waals surface area (Å²) >= 11 is 4.78. The number of ether oxygens (including phenoxy) is 1. The molecule has 0 aliphatic carbocycles. The van der Waals surface area contributed by atoms with E-state index in [-0.39, 0.29) is 11.7 Å². The van der Waals surface area contributed by atoms with Crippen molar-refractivity contribution in [2.45, 2.75) is 12.1 Å². The van der Waals surface area contributed by atoms with Gasteiger partial charge in [0, 0.05) is 21.4 Å². The molecule has 4 rings (SSSR count). The van der Waals surface area contributed by atoms with Crippen LogP contribution in [0.25, 0.3) is 17.1 Å². The van der Waals surface area contributed by atoms with Gasteiger partial charge in [-0.1, -0.05) is 58.0 Å². The minimum atomic E-state index is -0.106. The van der Waals surface area contributed by atoms with Gasteiger partial charge in [0.15, 0.2) is 11.0 Å². The molecule has 0 bridgehead atoms. The lowest BCUT2D eigenvalue weighted by Crippen LogP contribution is -2.15. The molecule has 1 heterocycles. The molecule has 6 nitrogen and oxygen atoms in total. The van der Waals surface area contributed by atoms with Crippen LogP contribution in [0.5, 0.6) is 5.75 Å². The Morgan fingerprint density at radius 1 is 1.06 bits per heavy atom. The second kappa shape index (κ2) is 10.0. The van der Waals surface area contributed by atoms with E-state index in [4.69, 9.17) is 4.74 Å². The monoisotopic (exact) mass is 508 g/mol. The van der Waals surface area contributed by atoms with Crippen molar-refractivity contribution in [2.75, 3.05) is 18.2 Å². The molecule has 32 heavy (non-hydrogen) atoms. The molecule has 0 fully saturated rings. The van der Waals surface area contributed by atoms with Gasteiger partial charge in [0.05, 0.1) is 12.9 Å². The molecule has 3 aromatic carbocycles. The van der Waals surface area contributed by atoms with Crippen molar-refractivity contribution < 1.29 is 9.53 Å². The van der Waals surface area contributed by atoms with Crippen LogP contribution in [0.3, 0.4) is 0 Å². The molecule has 0 aliphatic heterocycles. The number of hydrogen-bond donors (Lipinski definition) is 1. The van der Waals surface area contributed by atoms with Gasteiger partial charge < -0.3 is 10.1 Å². The van der Waals surface area contributed by atoms with E-state index >= 15 is 0 Å². The predicted molar refractivity (Wildman–Crippen MR) is 132 cm³/mol. The normalized spacial score (nSPS) is 10.7. The van der Waals surface area contributed by atoms with E-state index in [9.17, 15) is 4.79 Å². The number of halogens is 1. The van der Waals surface area contributed by atoms with E-state index in [1.807, 2.05) is 84.3 Å². The van der Waals surface area contributed by atoms with Crippen LogP contribution in [0.15, 0.2) is 82.4 Å². The zero-order chi connectivity index (χ0) is 22.5. The number of carbonyl (C=O) groups is 1. The van der Waals surface area contributed by atoms with Crippen molar-refractivity contribution in [1.82, 2.24) is 14.8 Å². The van der Waals surface area contributed by atoms with E-state index < -0.39 is 0 Å². The first-order chi connectivity index (χ1) is 15.5. The summed E-state index contributed by atoms with van der Waals surface area (Å²) in [6, 6.07) is 23.3. The summed E-state index contributed by atoms with van der Waals surface area (Å²) in [6.45, 7) is 1.96. The van der Waals surface area contributed by atoms with Gasteiger partial charge in [-0.3, -0.25) is 9.36 Å². The molecular formula is C24H21BrN4O2S. The third-order valence-corrected chi connectivity index (χ3v) is 6.21. The average molecular weight is 509 g/mol. The van der Waals surface area contributed by atoms with Crippen LogP contribution < -0.4 is 10.1 Å². The Labute approximate surface area is 199 Å². The minimum absolute atomic E-state index is 0.106. The number of nitrogens with zero attached hydrogens (tertiary/aromatic N) is 3. The molecular weight excluding hydrogens is 488 g/mol. The third kappa shape index (κ3) is 5.03. The molecule has 162 valence electrons. The number of amides is 1. The van der Waals surface area contributed by atoms with Crippen molar-refractivity contribution in [3.05, 3.63) is 82.8 Å². The van der Waals surface area contributed by atoms with Gasteiger partial charge in [-0.05, 0) is 55.0 Å². The number of nitrogens with one attached hydrogen (secondary N) is 1. The summed E-state index contributed by atoms with van der Waals surface area (Å²) in [5, 5.41) is 12.4. The summed E-state index contributed by atoms with van der Waals surface area (Å²) in [6.07, 6.45) is 0. The Hall–Kier alpha value is -3.10. The first-order valence-electron chi connectivity index (χ1n) is 9.89. The SMILES string of the molecule is COc1ccc(-n2c(SCC(=O)Nc3ccc(Br)cc3C)nnc2-c2ccccc2)cc1. The Kier molecular flexibility index (Phi) is 6.92. The molecule has 0 saturated heterocycles. The topological polar surface area (TPSA) is 69.0 Å². The minimum Gasteiger partial charge on any atom is -0.497 e. The fourth-order valence-electron chi connectivity index (χ4n) is 3.19. The lowest BCUT2D eigenvalue weighted by molar-refractivity contribution is -0.113. The summed E-state index contributed by atoms with van der Waals surface area (Å²) in [7, 11) is 1.64. The van der Waals surface area contributed by atoms with Gasteiger partial charge in [-0.25, -0.2) is 0 Å². The quantitative estimate of drug-likeness (QED) is 0.322. The Morgan fingerprint density at radius 3 is 2.50 bits per heavy atom. The number of aryl methyl sites for hydroxylation is 1. The van der Waals surface area contributed by atoms with Gasteiger partial charge >= 0.3 is 0 Å². The first kappa shape index (κ1) is 22.1. The fourth-order valence-corrected chi connectivity index (χ4v) is 4.41. The van der Waals surface area contributed by atoms with Gasteiger partial charge in [0.2, 0.25) is 5.91 Å². The molecule has 8 heteroatoms. The zero-order valence-electron chi connectivity index (χ0n) is 17.6. The molecule has 0 atom stereocenters. The van der Waals surface area contributed by atoms with Crippen molar-refractivity contribution >= 4 is 39.3 Å². The maximum atomic E-state index is 12.6. The second-order valence-electron chi connectivity index (χ2n) is 7.00. The number of methoxy groups -OCH3 is 1.